The van der Waals surface area contributed by atoms with E-state index in [0.717, 1.165) is 6.42 Å². The molecule has 100 valence electrons. The van der Waals surface area contributed by atoms with Gasteiger partial charge in [-0.1, -0.05) is 20.3 Å². The van der Waals surface area contributed by atoms with Crippen LogP contribution >= 0.6 is 0 Å². The zero-order chi connectivity index (χ0) is 13.7. The number of carbonyl (C=O) groups is 1. The number of nitrogens with one attached hydrogen (secondary N) is 1. The number of hydrogen-bond donors (Lipinski definition) is 2. The Kier molecular flexibility index (Phi) is 5.22. The van der Waals surface area contributed by atoms with Crippen LogP contribution in [0.3, 0.4) is 0 Å². The van der Waals surface area contributed by atoms with Crippen LogP contribution in [0.25, 0.3) is 0 Å². The Morgan fingerprint density at radius 3 is 2.72 bits per heavy atom. The maximum absolute atomic E-state index is 11.9. The van der Waals surface area contributed by atoms with Crippen LogP contribution in [0.4, 0.5) is 0 Å². The number of nitrogens with zero attached hydrogens (tertiary/aromatic N) is 2. The van der Waals surface area contributed by atoms with Gasteiger partial charge in [0.25, 0.3) is 5.91 Å². The summed E-state index contributed by atoms with van der Waals surface area (Å²) in [5.41, 5.74) is 1.11. The molecule has 0 spiro atoms. The van der Waals surface area contributed by atoms with Crippen molar-refractivity contribution in [2.45, 2.75) is 40.2 Å². The van der Waals surface area contributed by atoms with E-state index in [1.807, 2.05) is 13.8 Å². The first-order chi connectivity index (χ1) is 8.45. The second kappa shape index (κ2) is 6.44. The maximum Gasteiger partial charge on any atom is 0.254 e. The lowest BCUT2D eigenvalue weighted by Crippen LogP contribution is -2.35. The van der Waals surface area contributed by atoms with Crippen molar-refractivity contribution in [3.63, 3.8) is 0 Å². The predicted octanol–water partition coefficient (Wildman–Crippen LogP) is 1.23. The van der Waals surface area contributed by atoms with Crippen molar-refractivity contribution in [3.8, 4) is 0 Å². The molecule has 0 aromatic carbocycles. The van der Waals surface area contributed by atoms with E-state index in [1.54, 1.807) is 13.8 Å². The molecular weight excluding hydrogens is 230 g/mol. The summed E-state index contributed by atoms with van der Waals surface area (Å²) in [6.07, 6.45) is 1.87. The molecule has 0 aliphatic carbocycles. The molecule has 1 amide bonds. The van der Waals surface area contributed by atoms with Gasteiger partial charge in [0, 0.05) is 12.7 Å². The van der Waals surface area contributed by atoms with Crippen molar-refractivity contribution >= 4 is 5.91 Å². The van der Waals surface area contributed by atoms with Gasteiger partial charge in [-0.05, 0) is 19.8 Å². The summed E-state index contributed by atoms with van der Waals surface area (Å²) >= 11 is 0. The minimum absolute atomic E-state index is 0.167. The molecule has 1 rings (SSSR count). The van der Waals surface area contributed by atoms with Crippen LogP contribution in [0, 0.1) is 19.8 Å². The summed E-state index contributed by atoms with van der Waals surface area (Å²) in [4.78, 5) is 20.0. The van der Waals surface area contributed by atoms with Crippen molar-refractivity contribution in [1.29, 1.82) is 0 Å². The van der Waals surface area contributed by atoms with Crippen LogP contribution in [-0.4, -0.2) is 33.6 Å². The van der Waals surface area contributed by atoms with Crippen LogP contribution in [0.15, 0.2) is 6.20 Å². The number of aryl methyl sites for hydroxylation is 2. The van der Waals surface area contributed by atoms with Gasteiger partial charge >= 0.3 is 0 Å². The number of aliphatic hydroxyl groups excluding tert-OH is 1. The molecule has 0 fully saturated rings. The van der Waals surface area contributed by atoms with E-state index in [1.165, 1.54) is 6.20 Å². The second-order valence-electron chi connectivity index (χ2n) is 4.58. The Balaban J connectivity index is 2.60. The van der Waals surface area contributed by atoms with Crippen molar-refractivity contribution in [3.05, 3.63) is 23.3 Å². The van der Waals surface area contributed by atoms with Gasteiger partial charge in [0.1, 0.15) is 5.82 Å². The Labute approximate surface area is 108 Å². The number of aromatic nitrogens is 2. The quantitative estimate of drug-likeness (QED) is 0.825. The van der Waals surface area contributed by atoms with E-state index in [-0.39, 0.29) is 18.4 Å². The van der Waals surface area contributed by atoms with Gasteiger partial charge < -0.3 is 10.4 Å². The molecule has 1 heterocycles. The second-order valence-corrected chi connectivity index (χ2v) is 4.58. The lowest BCUT2D eigenvalue weighted by Gasteiger charge is -2.17. The molecule has 0 aliphatic rings. The van der Waals surface area contributed by atoms with Gasteiger partial charge in [-0.25, -0.2) is 9.97 Å². The fraction of sp³-hybridized carbons (Fsp3) is 0.615. The smallest absolute Gasteiger partial charge is 0.254 e. The molecule has 0 saturated carbocycles. The Hall–Kier alpha value is -1.49. The van der Waals surface area contributed by atoms with Crippen molar-refractivity contribution in [2.75, 3.05) is 6.54 Å². The van der Waals surface area contributed by atoms with Crippen molar-refractivity contribution in [2.24, 2.45) is 5.92 Å². The minimum atomic E-state index is -0.523. The molecule has 5 heteroatoms. The van der Waals surface area contributed by atoms with Crippen molar-refractivity contribution in [1.82, 2.24) is 15.3 Å². The fourth-order valence-electron chi connectivity index (χ4n) is 1.57. The van der Waals surface area contributed by atoms with Crippen LogP contribution < -0.4 is 5.32 Å². The van der Waals surface area contributed by atoms with Gasteiger partial charge in [0.2, 0.25) is 0 Å². The average Bonchev–Trinajstić information content (AvgIpc) is 2.34. The first kappa shape index (κ1) is 14.6. The highest BCUT2D eigenvalue weighted by Gasteiger charge is 2.15. The number of hydrogen-bond acceptors (Lipinski definition) is 4. The lowest BCUT2D eigenvalue weighted by molar-refractivity contribution is 0.0849. The minimum Gasteiger partial charge on any atom is -0.391 e. The summed E-state index contributed by atoms with van der Waals surface area (Å²) in [6, 6.07) is 0. The van der Waals surface area contributed by atoms with E-state index < -0.39 is 6.10 Å². The third-order valence-corrected chi connectivity index (χ3v) is 3.12. The molecule has 2 N–H and O–H groups in total. The van der Waals surface area contributed by atoms with E-state index in [0.29, 0.717) is 17.1 Å². The molecule has 1 aromatic heterocycles. The highest BCUT2D eigenvalue weighted by molar-refractivity contribution is 5.94. The van der Waals surface area contributed by atoms with Gasteiger partial charge in [0.05, 0.1) is 17.4 Å². The molecule has 0 radical (unpaired) electrons. The molecule has 2 atom stereocenters. The zero-order valence-corrected chi connectivity index (χ0v) is 11.4. The first-order valence-electron chi connectivity index (χ1n) is 6.22. The molecule has 18 heavy (non-hydrogen) atoms. The van der Waals surface area contributed by atoms with Crippen LogP contribution in [0.1, 0.15) is 42.1 Å². The van der Waals surface area contributed by atoms with E-state index in [4.69, 9.17) is 0 Å². The van der Waals surface area contributed by atoms with E-state index >= 15 is 0 Å². The van der Waals surface area contributed by atoms with E-state index in [9.17, 15) is 9.90 Å². The van der Waals surface area contributed by atoms with Crippen LogP contribution in [0.5, 0.6) is 0 Å². The molecular formula is C13H21N3O2. The number of carbonyl (C=O) groups excluding carboxylic acids is 1. The average molecular weight is 251 g/mol. The summed E-state index contributed by atoms with van der Waals surface area (Å²) in [5.74, 6) is 0.569. The van der Waals surface area contributed by atoms with Crippen LogP contribution in [0.2, 0.25) is 0 Å². The Morgan fingerprint density at radius 2 is 2.17 bits per heavy atom. The van der Waals surface area contributed by atoms with Gasteiger partial charge in [-0.2, -0.15) is 0 Å². The monoisotopic (exact) mass is 251 g/mol. The van der Waals surface area contributed by atoms with Gasteiger partial charge in [-0.15, -0.1) is 0 Å². The highest BCUT2D eigenvalue weighted by Crippen LogP contribution is 2.07. The molecule has 2 unspecified atom stereocenters. The number of aliphatic hydroxyl groups is 1. The molecule has 0 saturated heterocycles. The zero-order valence-electron chi connectivity index (χ0n) is 11.4. The van der Waals surface area contributed by atoms with Crippen molar-refractivity contribution < 1.29 is 9.90 Å². The fourth-order valence-corrected chi connectivity index (χ4v) is 1.57. The predicted molar refractivity (Wildman–Crippen MR) is 69.3 cm³/mol. The summed E-state index contributed by atoms with van der Waals surface area (Å²) in [6.45, 7) is 7.77. The van der Waals surface area contributed by atoms with Gasteiger partial charge in [0.15, 0.2) is 0 Å². The largest absolute Gasteiger partial charge is 0.391 e. The summed E-state index contributed by atoms with van der Waals surface area (Å²) in [7, 11) is 0. The Morgan fingerprint density at radius 1 is 1.50 bits per heavy atom. The molecule has 0 aliphatic heterocycles. The Bertz CT molecular complexity index is 421. The SMILES string of the molecule is CCC(C)C(O)CNC(=O)c1cnc(C)nc1C. The van der Waals surface area contributed by atoms with E-state index in [2.05, 4.69) is 15.3 Å². The normalized spacial score (nSPS) is 14.1. The first-order valence-corrected chi connectivity index (χ1v) is 6.22. The third-order valence-electron chi connectivity index (χ3n) is 3.12. The summed E-state index contributed by atoms with van der Waals surface area (Å²) in [5, 5.41) is 12.5. The topological polar surface area (TPSA) is 75.1 Å². The summed E-state index contributed by atoms with van der Waals surface area (Å²) < 4.78 is 0. The van der Waals surface area contributed by atoms with Gasteiger partial charge in [-0.3, -0.25) is 4.79 Å². The molecule has 1 aromatic rings. The lowest BCUT2D eigenvalue weighted by atomic mass is 10.0. The third kappa shape index (κ3) is 3.77. The molecule has 0 bridgehead atoms. The molecule has 5 nitrogen and oxygen atoms in total. The standard InChI is InChI=1S/C13H21N3O2/c1-5-8(2)12(17)7-15-13(18)11-6-14-10(4)16-9(11)3/h6,8,12,17H,5,7H2,1-4H3,(H,15,18). The highest BCUT2D eigenvalue weighted by atomic mass is 16.3. The number of rotatable bonds is 5. The van der Waals surface area contributed by atoms with Crippen LogP contribution in [-0.2, 0) is 0 Å². The number of amides is 1. The maximum atomic E-state index is 11.9.